The van der Waals surface area contributed by atoms with Crippen molar-refractivity contribution in [3.05, 3.63) is 150 Å². The van der Waals surface area contributed by atoms with Gasteiger partial charge in [-0.1, -0.05) is 126 Å². The summed E-state index contributed by atoms with van der Waals surface area (Å²) in [6, 6.07) is 48.8. The second kappa shape index (κ2) is 13.1. The van der Waals surface area contributed by atoms with Gasteiger partial charge in [-0.2, -0.15) is 15.2 Å². The highest BCUT2D eigenvalue weighted by atomic mass is 15.2. The molecule has 55 heavy (non-hydrogen) atoms. The lowest BCUT2D eigenvalue weighted by Crippen LogP contribution is -2.10. The molecule has 268 valence electrons. The van der Waals surface area contributed by atoms with Crippen molar-refractivity contribution in [2.75, 3.05) is 0 Å². The van der Waals surface area contributed by atoms with Crippen LogP contribution in [0, 0.1) is 17.2 Å². The molecule has 0 fully saturated rings. The minimum Gasteiger partial charge on any atom is -0.307 e. The van der Waals surface area contributed by atoms with Gasteiger partial charge in [-0.15, -0.1) is 0 Å². The number of aromatic nitrogens is 5. The molecule has 0 saturated heterocycles. The van der Waals surface area contributed by atoms with Crippen molar-refractivity contribution in [1.82, 2.24) is 24.1 Å². The van der Waals surface area contributed by atoms with Gasteiger partial charge in [-0.3, -0.25) is 4.57 Å². The Morgan fingerprint density at radius 3 is 1.84 bits per heavy atom. The molecular weight excluding hydrogens is 673 g/mol. The smallest absolute Gasteiger partial charge is 0.238 e. The van der Waals surface area contributed by atoms with E-state index in [9.17, 15) is 5.26 Å². The van der Waals surface area contributed by atoms with Gasteiger partial charge in [0, 0.05) is 38.4 Å². The molecule has 0 amide bonds. The van der Waals surface area contributed by atoms with E-state index < -0.39 is 0 Å². The molecule has 0 spiro atoms. The maximum atomic E-state index is 9.81. The van der Waals surface area contributed by atoms with E-state index in [-0.39, 0.29) is 5.41 Å². The Labute approximate surface area is 321 Å². The maximum absolute atomic E-state index is 9.81. The highest BCUT2D eigenvalue weighted by molar-refractivity contribution is 6.23. The van der Waals surface area contributed by atoms with Gasteiger partial charge < -0.3 is 4.57 Å². The van der Waals surface area contributed by atoms with E-state index in [1.165, 1.54) is 21.9 Å². The predicted octanol–water partition coefficient (Wildman–Crippen LogP) is 12.3. The van der Waals surface area contributed by atoms with Crippen LogP contribution in [0.5, 0.6) is 0 Å². The molecule has 3 heterocycles. The zero-order valence-corrected chi connectivity index (χ0v) is 32.0. The number of nitrogens with zero attached hydrogens (tertiary/aromatic N) is 6. The molecular formula is C49H42N6. The van der Waals surface area contributed by atoms with E-state index in [1.54, 1.807) is 6.07 Å². The monoisotopic (exact) mass is 714 g/mol. The third-order valence-corrected chi connectivity index (χ3v) is 11.2. The van der Waals surface area contributed by atoms with Crippen molar-refractivity contribution in [2.24, 2.45) is 5.92 Å². The molecule has 3 aromatic heterocycles. The normalized spacial score (nSPS) is 12.6. The van der Waals surface area contributed by atoms with Crippen molar-refractivity contribution >= 4 is 43.6 Å². The predicted molar refractivity (Wildman–Crippen MR) is 226 cm³/mol. The summed E-state index contributed by atoms with van der Waals surface area (Å²) in [6.07, 6.45) is 0. The minimum absolute atomic E-state index is 0.0538. The van der Waals surface area contributed by atoms with Crippen molar-refractivity contribution in [2.45, 2.75) is 52.9 Å². The van der Waals surface area contributed by atoms with Crippen LogP contribution in [0.3, 0.4) is 0 Å². The van der Waals surface area contributed by atoms with E-state index in [2.05, 4.69) is 136 Å². The third-order valence-electron chi connectivity index (χ3n) is 11.2. The van der Waals surface area contributed by atoms with Crippen molar-refractivity contribution in [3.8, 4) is 40.5 Å². The second-order valence-electron chi connectivity index (χ2n) is 16.0. The Bertz CT molecular complexity index is 2960. The first-order valence-electron chi connectivity index (χ1n) is 19.0. The van der Waals surface area contributed by atoms with Crippen molar-refractivity contribution in [3.63, 3.8) is 0 Å². The number of para-hydroxylation sites is 1. The molecule has 1 atom stereocenters. The molecule has 9 rings (SSSR count). The fraction of sp³-hybridized carbons (Fsp3) is 0.184. The van der Waals surface area contributed by atoms with Gasteiger partial charge >= 0.3 is 0 Å². The molecule has 0 saturated carbocycles. The molecule has 6 heteroatoms. The molecule has 0 N–H and O–H groups in total. The Kier molecular flexibility index (Phi) is 8.13. The lowest BCUT2D eigenvalue weighted by atomic mass is 9.86. The van der Waals surface area contributed by atoms with Crippen LogP contribution >= 0.6 is 0 Å². The second-order valence-corrected chi connectivity index (χ2v) is 16.0. The summed E-state index contributed by atoms with van der Waals surface area (Å²) in [5.74, 6) is 2.50. The number of hydrogen-bond acceptors (Lipinski definition) is 4. The molecule has 6 aromatic carbocycles. The van der Waals surface area contributed by atoms with Crippen LogP contribution in [0.2, 0.25) is 0 Å². The molecule has 0 aliphatic heterocycles. The molecule has 9 aromatic rings. The summed E-state index contributed by atoms with van der Waals surface area (Å²) in [6.45, 7) is 13.7. The van der Waals surface area contributed by atoms with Gasteiger partial charge in [0.2, 0.25) is 5.95 Å². The fourth-order valence-electron chi connectivity index (χ4n) is 7.84. The largest absolute Gasteiger partial charge is 0.307 e. The fourth-order valence-corrected chi connectivity index (χ4v) is 7.84. The van der Waals surface area contributed by atoms with Crippen LogP contribution in [-0.4, -0.2) is 24.1 Å². The van der Waals surface area contributed by atoms with E-state index in [1.807, 2.05) is 48.5 Å². The zero-order valence-electron chi connectivity index (χ0n) is 32.0. The Morgan fingerprint density at radius 2 is 1.16 bits per heavy atom. The average Bonchev–Trinajstić information content (AvgIpc) is 3.73. The number of hydrogen-bond donors (Lipinski definition) is 0. The zero-order chi connectivity index (χ0) is 38.0. The Balaban J connectivity index is 1.47. The van der Waals surface area contributed by atoms with Gasteiger partial charge in [0.15, 0.2) is 11.6 Å². The van der Waals surface area contributed by atoms with E-state index in [4.69, 9.17) is 15.0 Å². The quantitative estimate of drug-likeness (QED) is 0.172. The Morgan fingerprint density at radius 1 is 0.564 bits per heavy atom. The van der Waals surface area contributed by atoms with Crippen LogP contribution in [0.15, 0.2) is 133 Å². The Hall–Kier alpha value is -6.58. The van der Waals surface area contributed by atoms with Crippen LogP contribution in [0.25, 0.3) is 78.0 Å². The van der Waals surface area contributed by atoms with Crippen molar-refractivity contribution < 1.29 is 0 Å². The molecule has 0 radical (unpaired) electrons. The number of nitriles is 1. The van der Waals surface area contributed by atoms with Gasteiger partial charge in [0.25, 0.3) is 0 Å². The summed E-state index contributed by atoms with van der Waals surface area (Å²) in [4.78, 5) is 15.6. The van der Waals surface area contributed by atoms with Gasteiger partial charge in [0.1, 0.15) is 0 Å². The first-order valence-corrected chi connectivity index (χ1v) is 19.0. The minimum atomic E-state index is -0.0538. The lowest BCUT2D eigenvalue weighted by molar-refractivity contribution is 0.535. The van der Waals surface area contributed by atoms with Crippen LogP contribution in [0.4, 0.5) is 0 Å². The van der Waals surface area contributed by atoms with Crippen LogP contribution < -0.4 is 0 Å². The molecule has 0 aliphatic carbocycles. The molecule has 6 nitrogen and oxygen atoms in total. The van der Waals surface area contributed by atoms with E-state index in [0.717, 1.165) is 49.7 Å². The summed E-state index contributed by atoms with van der Waals surface area (Å²) in [7, 11) is 0. The van der Waals surface area contributed by atoms with E-state index in [0.29, 0.717) is 35.0 Å². The molecule has 1 unspecified atom stereocenters. The SMILES string of the molecule is CC(C)C(C)c1ccc2c(c1)c1ccc3c4cc(C(C)(C)C)ccc4n(-c4nc(-c5ccccc5)nc(-c5cccc(C#N)c5)n4)c3c1n2-c1ccccc1. The van der Waals surface area contributed by atoms with Gasteiger partial charge in [0.05, 0.1) is 33.7 Å². The highest BCUT2D eigenvalue weighted by Crippen LogP contribution is 2.43. The average molecular weight is 715 g/mol. The number of rotatable bonds is 6. The first-order chi connectivity index (χ1) is 26.6. The summed E-state index contributed by atoms with van der Waals surface area (Å²) < 4.78 is 4.65. The van der Waals surface area contributed by atoms with Crippen LogP contribution in [0.1, 0.15) is 64.2 Å². The van der Waals surface area contributed by atoms with Gasteiger partial charge in [-0.25, -0.2) is 4.98 Å². The molecule has 0 aliphatic rings. The number of benzene rings is 6. The maximum Gasteiger partial charge on any atom is 0.238 e. The summed E-state index contributed by atoms with van der Waals surface area (Å²) >= 11 is 0. The summed E-state index contributed by atoms with van der Waals surface area (Å²) in [5.41, 5.74) is 10.1. The van der Waals surface area contributed by atoms with Gasteiger partial charge in [-0.05, 0) is 76.9 Å². The first kappa shape index (κ1) is 34.2. The number of fused-ring (bicyclic) bond motifs is 7. The standard InChI is InChI=1S/C49H42N6/c1-30(2)31(3)34-20-24-42-40(27-34)38-22-23-39-41-28-36(49(4,5)6)21-25-43(41)55(45(39)44(38)54(42)37-18-11-8-12-19-37)48-52-46(33-15-9-7-10-16-33)51-47(53-48)35-17-13-14-32(26-35)29-50/h7-28,30-31H,1-6H3. The molecule has 0 bridgehead atoms. The van der Waals surface area contributed by atoms with Crippen LogP contribution in [-0.2, 0) is 5.41 Å². The summed E-state index contributed by atoms with van der Waals surface area (Å²) in [5, 5.41) is 14.5. The highest BCUT2D eigenvalue weighted by Gasteiger charge is 2.25. The topological polar surface area (TPSA) is 72.3 Å². The van der Waals surface area contributed by atoms with Crippen molar-refractivity contribution in [1.29, 1.82) is 5.26 Å². The third kappa shape index (κ3) is 5.75. The van der Waals surface area contributed by atoms with E-state index >= 15 is 0 Å². The lowest BCUT2D eigenvalue weighted by Gasteiger charge is -2.19.